The molecule has 1 aliphatic heterocycles. The Kier molecular flexibility index (Phi) is 4.96. The number of benzene rings is 1. The van der Waals surface area contributed by atoms with E-state index in [4.69, 9.17) is 23.1 Å². The molecule has 1 aromatic carbocycles. The van der Waals surface area contributed by atoms with Crippen molar-refractivity contribution < 1.29 is 8.78 Å². The van der Waals surface area contributed by atoms with Crippen LogP contribution < -0.4 is 22.1 Å². The molecule has 27 heavy (non-hydrogen) atoms. The molecule has 0 bridgehead atoms. The number of anilines is 4. The van der Waals surface area contributed by atoms with E-state index in [1.54, 1.807) is 6.92 Å². The molecular weight excluding hydrogens is 378 g/mol. The van der Waals surface area contributed by atoms with Crippen molar-refractivity contribution >= 4 is 41.1 Å². The quantitative estimate of drug-likeness (QED) is 0.627. The van der Waals surface area contributed by atoms with Crippen molar-refractivity contribution in [2.45, 2.75) is 25.6 Å². The first kappa shape index (κ1) is 18.6. The van der Waals surface area contributed by atoms with Gasteiger partial charge in [-0.25, -0.2) is 8.78 Å². The zero-order valence-electron chi connectivity index (χ0n) is 14.0. The second kappa shape index (κ2) is 7.20. The Morgan fingerprint density at radius 2 is 2.07 bits per heavy atom. The fraction of sp³-hybridized carbons (Fsp3) is 0.250. The van der Waals surface area contributed by atoms with Crippen molar-refractivity contribution in [2.75, 3.05) is 22.1 Å². The van der Waals surface area contributed by atoms with Crippen LogP contribution in [0, 0.1) is 11.3 Å². The van der Waals surface area contributed by atoms with Crippen molar-refractivity contribution in [1.82, 2.24) is 9.97 Å². The summed E-state index contributed by atoms with van der Waals surface area (Å²) in [5.41, 5.74) is 11.8. The number of halogens is 3. The summed E-state index contributed by atoms with van der Waals surface area (Å²) in [7, 11) is 0. The molecule has 3 rings (SSSR count). The van der Waals surface area contributed by atoms with Crippen LogP contribution in [0.25, 0.3) is 0 Å². The van der Waals surface area contributed by atoms with Crippen LogP contribution >= 0.6 is 11.6 Å². The zero-order valence-corrected chi connectivity index (χ0v) is 14.8. The second-order valence-electron chi connectivity index (χ2n) is 5.83. The minimum atomic E-state index is -2.65. The number of nitrogen functional groups attached to an aromatic ring is 2. The monoisotopic (exact) mass is 392 g/mol. The van der Waals surface area contributed by atoms with Crippen molar-refractivity contribution in [3.05, 3.63) is 33.8 Å². The van der Waals surface area contributed by atoms with Gasteiger partial charge in [0.05, 0.1) is 16.8 Å². The number of hydrogen-bond acceptors (Lipinski definition) is 8. The van der Waals surface area contributed by atoms with Crippen LogP contribution in [0.1, 0.15) is 30.0 Å². The van der Waals surface area contributed by atoms with E-state index in [-0.39, 0.29) is 34.3 Å². The largest absolute Gasteiger partial charge is 0.382 e. The maximum Gasteiger partial charge on any atom is 0.264 e. The number of nitrogens with zero attached hydrogens (tertiary/aromatic N) is 4. The fourth-order valence-electron chi connectivity index (χ4n) is 2.68. The zero-order chi connectivity index (χ0) is 19.7. The van der Waals surface area contributed by atoms with Gasteiger partial charge in [0.1, 0.15) is 23.6 Å². The van der Waals surface area contributed by atoms with E-state index in [1.165, 1.54) is 18.3 Å². The summed E-state index contributed by atoms with van der Waals surface area (Å²) in [5.74, 6) is 0.0243. The number of rotatable bonds is 4. The number of nitriles is 1. The van der Waals surface area contributed by atoms with Gasteiger partial charge in [0, 0.05) is 17.3 Å². The molecule has 0 amide bonds. The summed E-state index contributed by atoms with van der Waals surface area (Å²) < 4.78 is 26.4. The summed E-state index contributed by atoms with van der Waals surface area (Å²) in [5, 5.41) is 15.6. The van der Waals surface area contributed by atoms with Crippen molar-refractivity contribution in [3.63, 3.8) is 0 Å². The lowest BCUT2D eigenvalue weighted by molar-refractivity contribution is 0.151. The molecule has 11 heteroatoms. The Labute approximate surface area is 158 Å². The number of fused-ring (bicyclic) bond motifs is 1. The Bertz CT molecular complexity index is 956. The number of nitrogens with two attached hydrogens (primary N) is 2. The normalized spacial score (nSPS) is 16.4. The smallest absolute Gasteiger partial charge is 0.264 e. The van der Waals surface area contributed by atoms with Gasteiger partial charge in [-0.3, -0.25) is 4.99 Å². The summed E-state index contributed by atoms with van der Waals surface area (Å²) >= 11 is 6.15. The first-order chi connectivity index (χ1) is 12.8. The first-order valence-corrected chi connectivity index (χ1v) is 8.19. The molecule has 1 unspecified atom stereocenters. The van der Waals surface area contributed by atoms with Gasteiger partial charge < -0.3 is 22.1 Å². The van der Waals surface area contributed by atoms with Crippen LogP contribution in [-0.4, -0.2) is 28.4 Å². The van der Waals surface area contributed by atoms with E-state index >= 15 is 0 Å². The van der Waals surface area contributed by atoms with Gasteiger partial charge >= 0.3 is 0 Å². The Hall–Kier alpha value is -3.19. The topological polar surface area (TPSA) is 138 Å². The van der Waals surface area contributed by atoms with Gasteiger partial charge in [-0.1, -0.05) is 17.7 Å². The SMILES string of the molecule is C[C@H](Nc1nc(N)nc(N)c1C#N)C1N=Cc2c(C(F)F)ccc(Cl)c2N1. The molecule has 0 fully saturated rings. The molecule has 2 aromatic rings. The molecule has 0 spiro atoms. The van der Waals surface area contributed by atoms with E-state index < -0.39 is 18.6 Å². The van der Waals surface area contributed by atoms with Gasteiger partial charge in [-0.15, -0.1) is 0 Å². The fourth-order valence-corrected chi connectivity index (χ4v) is 2.90. The number of alkyl halides is 2. The number of nitrogens with one attached hydrogen (secondary N) is 2. The number of hydrogen-bond donors (Lipinski definition) is 4. The van der Waals surface area contributed by atoms with E-state index in [1.807, 2.05) is 6.07 Å². The van der Waals surface area contributed by atoms with Crippen molar-refractivity contribution in [1.29, 1.82) is 5.26 Å². The number of aromatic nitrogens is 2. The lowest BCUT2D eigenvalue weighted by Crippen LogP contribution is -2.38. The highest BCUT2D eigenvalue weighted by molar-refractivity contribution is 6.34. The van der Waals surface area contributed by atoms with Gasteiger partial charge in [-0.05, 0) is 13.0 Å². The van der Waals surface area contributed by atoms with E-state index in [0.717, 1.165) is 0 Å². The molecular formula is C16H15ClF2N8. The third-order valence-corrected chi connectivity index (χ3v) is 4.34. The average Bonchev–Trinajstić information content (AvgIpc) is 2.61. The van der Waals surface area contributed by atoms with E-state index in [0.29, 0.717) is 10.7 Å². The summed E-state index contributed by atoms with van der Waals surface area (Å²) in [6.45, 7) is 1.76. The van der Waals surface area contributed by atoms with Crippen LogP contribution in [0.5, 0.6) is 0 Å². The summed E-state index contributed by atoms with van der Waals surface area (Å²) in [6, 6.07) is 4.17. The van der Waals surface area contributed by atoms with Crippen LogP contribution in [0.15, 0.2) is 17.1 Å². The van der Waals surface area contributed by atoms with Crippen LogP contribution in [0.3, 0.4) is 0 Å². The molecule has 2 atom stereocenters. The van der Waals surface area contributed by atoms with Crippen LogP contribution in [-0.2, 0) is 0 Å². The molecule has 0 saturated heterocycles. The van der Waals surface area contributed by atoms with Gasteiger partial charge in [0.25, 0.3) is 6.43 Å². The number of aliphatic imine (C=N–C) groups is 1. The molecule has 2 heterocycles. The first-order valence-electron chi connectivity index (χ1n) is 7.81. The molecule has 0 radical (unpaired) electrons. The predicted octanol–water partition coefficient (Wildman–Crippen LogP) is 2.77. The molecule has 1 aromatic heterocycles. The molecule has 0 aliphatic carbocycles. The molecule has 6 N–H and O–H groups in total. The Morgan fingerprint density at radius 3 is 2.74 bits per heavy atom. The van der Waals surface area contributed by atoms with Gasteiger partial charge in [0.2, 0.25) is 5.95 Å². The maximum absolute atomic E-state index is 13.2. The van der Waals surface area contributed by atoms with Gasteiger partial charge in [-0.2, -0.15) is 15.2 Å². The highest BCUT2D eigenvalue weighted by Crippen LogP contribution is 2.35. The Balaban J connectivity index is 1.88. The molecule has 1 aliphatic rings. The van der Waals surface area contributed by atoms with Crippen molar-refractivity contribution in [2.24, 2.45) is 4.99 Å². The average molecular weight is 393 g/mol. The van der Waals surface area contributed by atoms with E-state index in [9.17, 15) is 14.0 Å². The second-order valence-corrected chi connectivity index (χ2v) is 6.24. The van der Waals surface area contributed by atoms with Crippen molar-refractivity contribution in [3.8, 4) is 6.07 Å². The predicted molar refractivity (Wildman–Crippen MR) is 100 cm³/mol. The minimum Gasteiger partial charge on any atom is -0.382 e. The summed E-state index contributed by atoms with van der Waals surface area (Å²) in [6.07, 6.45) is -1.86. The lowest BCUT2D eigenvalue weighted by Gasteiger charge is -2.29. The minimum absolute atomic E-state index is 0.0465. The maximum atomic E-state index is 13.2. The Morgan fingerprint density at radius 1 is 1.33 bits per heavy atom. The lowest BCUT2D eigenvalue weighted by atomic mass is 10.0. The molecule has 8 nitrogen and oxygen atoms in total. The molecule has 140 valence electrons. The summed E-state index contributed by atoms with van der Waals surface area (Å²) in [4.78, 5) is 12.0. The van der Waals surface area contributed by atoms with Crippen LogP contribution in [0.2, 0.25) is 5.02 Å². The highest BCUT2D eigenvalue weighted by atomic mass is 35.5. The van der Waals surface area contributed by atoms with Crippen LogP contribution in [0.4, 0.5) is 32.1 Å². The van der Waals surface area contributed by atoms with E-state index in [2.05, 4.69) is 25.6 Å². The molecule has 0 saturated carbocycles. The standard InChI is InChI=1S/C16H15ClF2N8/c1-6(24-15-8(4-20)13(21)26-16(22)27-15)14-23-5-9-7(12(18)19)2-3-10(17)11(9)25-14/h2-3,5-6,12,14,25H,1H3,(H5,21,22,24,26,27)/t6-,14?/m0/s1. The third-order valence-electron chi connectivity index (χ3n) is 4.02. The van der Waals surface area contributed by atoms with Gasteiger partial charge in [0.15, 0.2) is 5.82 Å². The third kappa shape index (κ3) is 3.54. The highest BCUT2D eigenvalue weighted by Gasteiger charge is 2.26.